The van der Waals surface area contributed by atoms with Gasteiger partial charge in [-0.3, -0.25) is 14.2 Å². The molecule has 0 bridgehead atoms. The van der Waals surface area contributed by atoms with Crippen LogP contribution in [-0.2, 0) is 11.3 Å². The fourth-order valence-electron chi connectivity index (χ4n) is 3.26. The van der Waals surface area contributed by atoms with Crippen LogP contribution in [0, 0.1) is 5.92 Å². The topological polar surface area (TPSA) is 104 Å². The highest BCUT2D eigenvalue weighted by atomic mass is 16.1. The molecule has 2 aromatic heterocycles. The molecule has 1 amide bonds. The van der Waals surface area contributed by atoms with Crippen LogP contribution in [0.3, 0.4) is 0 Å². The lowest BCUT2D eigenvalue weighted by Gasteiger charge is -2.22. The molecule has 120 valence electrons. The molecule has 0 radical (unpaired) electrons. The first-order valence-corrected chi connectivity index (χ1v) is 7.79. The van der Waals surface area contributed by atoms with Crippen LogP contribution < -0.4 is 11.3 Å². The van der Waals surface area contributed by atoms with Crippen LogP contribution in [0.2, 0.25) is 0 Å². The summed E-state index contributed by atoms with van der Waals surface area (Å²) in [6.07, 6.45) is 5.15. The zero-order valence-corrected chi connectivity index (χ0v) is 13.0. The van der Waals surface area contributed by atoms with Crippen LogP contribution in [0.4, 0.5) is 0 Å². The summed E-state index contributed by atoms with van der Waals surface area (Å²) in [6.45, 7) is 2.55. The fraction of sp³-hybridized carbons (Fsp3) is 0.438. The molecule has 23 heavy (non-hydrogen) atoms. The second-order valence-electron chi connectivity index (χ2n) is 5.75. The molecule has 2 unspecified atom stereocenters. The molecule has 0 saturated heterocycles. The van der Waals surface area contributed by atoms with E-state index in [1.54, 1.807) is 16.8 Å². The van der Waals surface area contributed by atoms with E-state index in [4.69, 9.17) is 5.73 Å². The van der Waals surface area contributed by atoms with Crippen molar-refractivity contribution < 1.29 is 4.79 Å². The highest BCUT2D eigenvalue weighted by molar-refractivity contribution is 5.77. The van der Waals surface area contributed by atoms with E-state index in [1.807, 2.05) is 6.92 Å². The molecule has 0 aromatic carbocycles. The van der Waals surface area contributed by atoms with Crippen LogP contribution in [0.1, 0.15) is 37.9 Å². The van der Waals surface area contributed by atoms with Crippen molar-refractivity contribution in [1.29, 1.82) is 0 Å². The minimum atomic E-state index is -0.327. The Morgan fingerprint density at radius 2 is 2.26 bits per heavy atom. The lowest BCUT2D eigenvalue weighted by molar-refractivity contribution is -0.122. The number of nitrogens with zero attached hydrogens (tertiary/aromatic N) is 4. The molecule has 7 nitrogen and oxygen atoms in total. The number of fused-ring (bicyclic) bond motifs is 1. The average molecular weight is 313 g/mol. The average Bonchev–Trinajstić information content (AvgIpc) is 2.75. The lowest BCUT2D eigenvalue weighted by Crippen LogP contribution is -2.31. The molecular formula is C16H19N5O2. The summed E-state index contributed by atoms with van der Waals surface area (Å²) in [5.74, 6) is -0.132. The number of carbonyl (C=O) groups is 1. The van der Waals surface area contributed by atoms with Crippen molar-refractivity contribution in [2.24, 2.45) is 11.7 Å². The predicted octanol–water partition coefficient (Wildman–Crippen LogP) is 1.09. The van der Waals surface area contributed by atoms with Gasteiger partial charge in [0, 0.05) is 30.6 Å². The Morgan fingerprint density at radius 1 is 1.43 bits per heavy atom. The van der Waals surface area contributed by atoms with E-state index >= 15 is 0 Å². The number of aromatic nitrogens is 4. The molecule has 7 heteroatoms. The number of nitrogens with two attached hydrogens (primary N) is 1. The maximum absolute atomic E-state index is 12.5. The molecule has 1 aliphatic rings. The van der Waals surface area contributed by atoms with Crippen molar-refractivity contribution in [3.63, 3.8) is 0 Å². The van der Waals surface area contributed by atoms with E-state index in [9.17, 15) is 9.59 Å². The van der Waals surface area contributed by atoms with Gasteiger partial charge >= 0.3 is 0 Å². The minimum absolute atomic E-state index is 0.118. The van der Waals surface area contributed by atoms with Gasteiger partial charge in [0.2, 0.25) is 5.91 Å². The van der Waals surface area contributed by atoms with Crippen molar-refractivity contribution in [3.8, 4) is 11.4 Å². The van der Waals surface area contributed by atoms with E-state index in [2.05, 4.69) is 15.0 Å². The van der Waals surface area contributed by atoms with Gasteiger partial charge in [-0.1, -0.05) is 6.92 Å². The molecule has 2 aromatic rings. The molecule has 0 fully saturated rings. The van der Waals surface area contributed by atoms with E-state index in [-0.39, 0.29) is 23.3 Å². The molecule has 1 aliphatic heterocycles. The summed E-state index contributed by atoms with van der Waals surface area (Å²) in [5, 5.41) is 0. The van der Waals surface area contributed by atoms with Crippen LogP contribution in [0.5, 0.6) is 0 Å². The normalized spacial score (nSPS) is 20.6. The number of hydrogen-bond donors (Lipinski definition) is 1. The molecule has 0 spiro atoms. The van der Waals surface area contributed by atoms with Gasteiger partial charge in [-0.25, -0.2) is 15.0 Å². The molecule has 2 atom stereocenters. The number of amides is 1. The fourth-order valence-corrected chi connectivity index (χ4v) is 3.26. The lowest BCUT2D eigenvalue weighted by atomic mass is 9.86. The summed E-state index contributed by atoms with van der Waals surface area (Å²) in [7, 11) is 0. The van der Waals surface area contributed by atoms with Crippen LogP contribution in [0.25, 0.3) is 11.4 Å². The summed E-state index contributed by atoms with van der Waals surface area (Å²) < 4.78 is 1.67. The first kappa shape index (κ1) is 15.3. The third-order valence-electron chi connectivity index (χ3n) is 4.40. The first-order chi connectivity index (χ1) is 11.1. The minimum Gasteiger partial charge on any atom is -0.369 e. The summed E-state index contributed by atoms with van der Waals surface area (Å²) in [4.78, 5) is 37.0. The summed E-state index contributed by atoms with van der Waals surface area (Å²) in [6, 6.07) is 3.20. The van der Waals surface area contributed by atoms with Gasteiger partial charge in [0.1, 0.15) is 12.2 Å². The molecule has 3 rings (SSSR count). The number of rotatable bonds is 3. The van der Waals surface area contributed by atoms with Crippen LogP contribution >= 0.6 is 0 Å². The Morgan fingerprint density at radius 3 is 2.91 bits per heavy atom. The van der Waals surface area contributed by atoms with Gasteiger partial charge in [-0.05, 0) is 25.3 Å². The van der Waals surface area contributed by atoms with Gasteiger partial charge in [-0.15, -0.1) is 0 Å². The molecule has 2 N–H and O–H groups in total. The maximum Gasteiger partial charge on any atom is 0.254 e. The molecule has 3 heterocycles. The first-order valence-electron chi connectivity index (χ1n) is 7.79. The van der Waals surface area contributed by atoms with Crippen molar-refractivity contribution in [2.45, 2.75) is 38.6 Å². The quantitative estimate of drug-likeness (QED) is 0.913. The zero-order valence-electron chi connectivity index (χ0n) is 13.0. The molecule has 0 saturated carbocycles. The van der Waals surface area contributed by atoms with Gasteiger partial charge in [0.25, 0.3) is 5.56 Å². The van der Waals surface area contributed by atoms with E-state index in [0.717, 1.165) is 6.42 Å². The smallest absolute Gasteiger partial charge is 0.254 e. The standard InChI is InChI=1S/C16H19N5O2/c1-2-10-11(15(17)23)4-3-7-21-14(22)8-13(20-16(10)21)12-5-6-18-9-19-12/h5-6,8-11H,2-4,7H2,1H3,(H2,17,23). The van der Waals surface area contributed by atoms with Gasteiger partial charge in [-0.2, -0.15) is 0 Å². The number of primary amides is 1. The number of carbonyl (C=O) groups excluding carboxylic acids is 1. The van der Waals surface area contributed by atoms with E-state index in [0.29, 0.717) is 36.6 Å². The summed E-state index contributed by atoms with van der Waals surface area (Å²) in [5.41, 5.74) is 6.55. The number of hydrogen-bond acceptors (Lipinski definition) is 5. The van der Waals surface area contributed by atoms with Gasteiger partial charge in [0.05, 0.1) is 11.4 Å². The van der Waals surface area contributed by atoms with Crippen molar-refractivity contribution in [1.82, 2.24) is 19.5 Å². The third-order valence-corrected chi connectivity index (χ3v) is 4.40. The van der Waals surface area contributed by atoms with E-state index < -0.39 is 0 Å². The Kier molecular flexibility index (Phi) is 4.18. The van der Waals surface area contributed by atoms with E-state index in [1.165, 1.54) is 12.4 Å². The highest BCUT2D eigenvalue weighted by Gasteiger charge is 2.32. The Hall–Kier alpha value is -2.57. The second-order valence-corrected chi connectivity index (χ2v) is 5.75. The predicted molar refractivity (Wildman–Crippen MR) is 84.5 cm³/mol. The third kappa shape index (κ3) is 2.86. The highest BCUT2D eigenvalue weighted by Crippen LogP contribution is 2.33. The van der Waals surface area contributed by atoms with Crippen LogP contribution in [-0.4, -0.2) is 25.4 Å². The Labute approximate surface area is 133 Å². The SMILES string of the molecule is CCC1c2nc(-c3ccncn3)cc(=O)n2CCCC1C(N)=O. The van der Waals surface area contributed by atoms with Crippen molar-refractivity contribution >= 4 is 5.91 Å². The zero-order chi connectivity index (χ0) is 16.4. The van der Waals surface area contributed by atoms with Gasteiger partial charge in [0.15, 0.2) is 0 Å². The van der Waals surface area contributed by atoms with Gasteiger partial charge < -0.3 is 5.73 Å². The monoisotopic (exact) mass is 313 g/mol. The maximum atomic E-state index is 12.5. The Bertz CT molecular complexity index is 772. The molecular weight excluding hydrogens is 294 g/mol. The Balaban J connectivity index is 2.16. The second kappa shape index (κ2) is 6.28. The summed E-state index contributed by atoms with van der Waals surface area (Å²) >= 11 is 0. The van der Waals surface area contributed by atoms with Crippen molar-refractivity contribution in [3.05, 3.63) is 40.8 Å². The van der Waals surface area contributed by atoms with Crippen LogP contribution in [0.15, 0.2) is 29.5 Å². The van der Waals surface area contributed by atoms with Crippen molar-refractivity contribution in [2.75, 3.05) is 0 Å². The largest absolute Gasteiger partial charge is 0.369 e. The molecule has 0 aliphatic carbocycles.